The maximum atomic E-state index is 5.60. The van der Waals surface area contributed by atoms with Gasteiger partial charge in [0.1, 0.15) is 12.4 Å². The summed E-state index contributed by atoms with van der Waals surface area (Å²) in [5, 5.41) is 3.59. The van der Waals surface area contributed by atoms with Gasteiger partial charge in [0.2, 0.25) is 0 Å². The molecule has 1 aliphatic heterocycles. The van der Waals surface area contributed by atoms with Gasteiger partial charge in [0, 0.05) is 25.2 Å². The third-order valence-corrected chi connectivity index (χ3v) is 4.60. The van der Waals surface area contributed by atoms with E-state index in [4.69, 9.17) is 11.2 Å². The number of piperidine rings is 1. The Hall–Kier alpha value is -1.54. The topological polar surface area (TPSA) is 27.7 Å². The Morgan fingerprint density at radius 2 is 2.04 bits per heavy atom. The lowest BCUT2D eigenvalue weighted by Gasteiger charge is -2.32. The minimum Gasteiger partial charge on any atom is -0.481 e. The minimum absolute atomic E-state index is 0.322. The lowest BCUT2D eigenvalue weighted by atomic mass is 9.96. The molecule has 4 heteroatoms. The number of likely N-dealkylation sites (tertiary alicyclic amines) is 1. The number of hydrogen-bond donors (Lipinski definition) is 1. The quantitative estimate of drug-likeness (QED) is 0.702. The molecule has 0 saturated carbocycles. The summed E-state index contributed by atoms with van der Waals surface area (Å²) in [5.41, 5.74) is 1.18. The maximum Gasteiger partial charge on any atom is 0.148 e. The number of nitrogens with zero attached hydrogens (tertiary/aromatic N) is 2. The van der Waals surface area contributed by atoms with Gasteiger partial charge < -0.3 is 19.9 Å². The number of rotatable bonds is 9. The van der Waals surface area contributed by atoms with Crippen LogP contribution in [0.5, 0.6) is 5.75 Å². The lowest BCUT2D eigenvalue weighted by molar-refractivity contribution is 0.169. The molecule has 0 bridgehead atoms. The van der Waals surface area contributed by atoms with Crippen molar-refractivity contribution in [1.29, 1.82) is 0 Å². The van der Waals surface area contributed by atoms with E-state index >= 15 is 0 Å². The smallest absolute Gasteiger partial charge is 0.148 e. The first-order valence-corrected chi connectivity index (χ1v) is 8.91. The van der Waals surface area contributed by atoms with E-state index in [-0.39, 0.29) is 0 Å². The van der Waals surface area contributed by atoms with Gasteiger partial charge in [-0.05, 0) is 58.6 Å². The number of likely N-dealkylation sites (N-methyl/N-ethyl adjacent to an activating group) is 1. The number of nitrogens with one attached hydrogen (secondary N) is 1. The van der Waals surface area contributed by atoms with E-state index < -0.39 is 0 Å². The van der Waals surface area contributed by atoms with Crippen LogP contribution in [-0.4, -0.2) is 63.2 Å². The molecule has 1 fully saturated rings. The van der Waals surface area contributed by atoms with Crippen LogP contribution >= 0.6 is 0 Å². The van der Waals surface area contributed by atoms with Crippen molar-refractivity contribution in [2.45, 2.75) is 19.4 Å². The Labute approximate surface area is 147 Å². The van der Waals surface area contributed by atoms with E-state index in [0.717, 1.165) is 31.3 Å². The first kappa shape index (κ1) is 18.8. The van der Waals surface area contributed by atoms with Gasteiger partial charge in [-0.2, -0.15) is 0 Å². The molecule has 132 valence electrons. The summed E-state index contributed by atoms with van der Waals surface area (Å²) in [4.78, 5) is 4.84. The molecule has 24 heavy (non-hydrogen) atoms. The Balaban J connectivity index is 1.68. The summed E-state index contributed by atoms with van der Waals surface area (Å²) in [5.74, 6) is 4.19. The molecule has 1 saturated heterocycles. The second-order valence-electron chi connectivity index (χ2n) is 6.82. The molecule has 1 aliphatic rings. The molecule has 0 atom stereocenters. The zero-order chi connectivity index (χ0) is 17.2. The fraction of sp³-hybridized carbons (Fsp3) is 0.600. The molecule has 0 radical (unpaired) electrons. The summed E-state index contributed by atoms with van der Waals surface area (Å²) >= 11 is 0. The van der Waals surface area contributed by atoms with Gasteiger partial charge >= 0.3 is 0 Å². The second-order valence-corrected chi connectivity index (χ2v) is 6.82. The molecule has 1 aromatic carbocycles. The van der Waals surface area contributed by atoms with E-state index in [1.54, 1.807) is 0 Å². The molecule has 2 rings (SSSR count). The fourth-order valence-electron chi connectivity index (χ4n) is 3.08. The molecule has 0 spiro atoms. The largest absolute Gasteiger partial charge is 0.481 e. The normalized spacial score (nSPS) is 16.2. The molecule has 1 aromatic rings. The van der Waals surface area contributed by atoms with Crippen molar-refractivity contribution >= 4 is 0 Å². The van der Waals surface area contributed by atoms with E-state index in [1.807, 2.05) is 18.2 Å². The number of benzene rings is 1. The highest BCUT2D eigenvalue weighted by Gasteiger charge is 2.18. The highest BCUT2D eigenvalue weighted by atomic mass is 16.5. The van der Waals surface area contributed by atoms with Crippen molar-refractivity contribution in [3.63, 3.8) is 0 Å². The molecule has 1 N–H and O–H groups in total. The Kier molecular flexibility index (Phi) is 8.11. The van der Waals surface area contributed by atoms with Crippen LogP contribution in [0.25, 0.3) is 0 Å². The number of para-hydroxylation sites is 1. The first-order chi connectivity index (χ1) is 11.7. The maximum absolute atomic E-state index is 5.60. The SMILES string of the molecule is C#CCOc1ccccc1CNCC1CCN(CCN(C)C)CC1. The van der Waals surface area contributed by atoms with Crippen LogP contribution in [0.1, 0.15) is 18.4 Å². The Bertz CT molecular complexity index is 516. The van der Waals surface area contributed by atoms with Crippen molar-refractivity contribution in [2.75, 3.05) is 53.4 Å². The molecule has 1 heterocycles. The van der Waals surface area contributed by atoms with Crippen molar-refractivity contribution in [1.82, 2.24) is 15.1 Å². The van der Waals surface area contributed by atoms with Gasteiger partial charge in [-0.15, -0.1) is 6.42 Å². The van der Waals surface area contributed by atoms with Crippen LogP contribution in [-0.2, 0) is 6.54 Å². The van der Waals surface area contributed by atoms with Gasteiger partial charge in [-0.25, -0.2) is 0 Å². The minimum atomic E-state index is 0.322. The van der Waals surface area contributed by atoms with Crippen molar-refractivity contribution in [2.24, 2.45) is 5.92 Å². The molecule has 0 amide bonds. The predicted octanol–water partition coefficient (Wildman–Crippen LogP) is 2.06. The zero-order valence-corrected chi connectivity index (χ0v) is 15.1. The number of ether oxygens (including phenoxy) is 1. The van der Waals surface area contributed by atoms with Gasteiger partial charge in [-0.1, -0.05) is 24.1 Å². The van der Waals surface area contributed by atoms with Crippen LogP contribution in [0.2, 0.25) is 0 Å². The average Bonchev–Trinajstić information content (AvgIpc) is 2.60. The van der Waals surface area contributed by atoms with Crippen LogP contribution in [0.4, 0.5) is 0 Å². The third kappa shape index (κ3) is 6.52. The highest BCUT2D eigenvalue weighted by molar-refractivity contribution is 5.33. The molecular weight excluding hydrogens is 298 g/mol. The predicted molar refractivity (Wildman–Crippen MR) is 100 cm³/mol. The van der Waals surface area contributed by atoms with Crippen LogP contribution in [0.15, 0.2) is 24.3 Å². The van der Waals surface area contributed by atoms with Crippen LogP contribution in [0.3, 0.4) is 0 Å². The summed E-state index contributed by atoms with van der Waals surface area (Å²) in [6.07, 6.45) is 7.85. The van der Waals surface area contributed by atoms with E-state index in [0.29, 0.717) is 6.61 Å². The second kappa shape index (κ2) is 10.4. The van der Waals surface area contributed by atoms with Crippen LogP contribution in [0, 0.1) is 18.3 Å². The van der Waals surface area contributed by atoms with Crippen LogP contribution < -0.4 is 10.1 Å². The molecule has 0 aromatic heterocycles. The van der Waals surface area contributed by atoms with E-state index in [2.05, 4.69) is 41.2 Å². The number of terminal acetylenes is 1. The summed E-state index contributed by atoms with van der Waals surface area (Å²) in [7, 11) is 4.28. The summed E-state index contributed by atoms with van der Waals surface area (Å²) in [6.45, 7) is 7.02. The first-order valence-electron chi connectivity index (χ1n) is 8.91. The average molecular weight is 329 g/mol. The molecule has 0 unspecified atom stereocenters. The number of hydrogen-bond acceptors (Lipinski definition) is 4. The van der Waals surface area contributed by atoms with Crippen molar-refractivity contribution < 1.29 is 4.74 Å². The van der Waals surface area contributed by atoms with Gasteiger partial charge in [0.25, 0.3) is 0 Å². The monoisotopic (exact) mass is 329 g/mol. The third-order valence-electron chi connectivity index (χ3n) is 4.60. The van der Waals surface area contributed by atoms with Crippen molar-refractivity contribution in [3.8, 4) is 18.1 Å². The Morgan fingerprint density at radius 3 is 2.75 bits per heavy atom. The molecule has 4 nitrogen and oxygen atoms in total. The van der Waals surface area contributed by atoms with Gasteiger partial charge in [-0.3, -0.25) is 0 Å². The van der Waals surface area contributed by atoms with E-state index in [1.165, 1.54) is 38.0 Å². The molecular formula is C20H31N3O. The van der Waals surface area contributed by atoms with Gasteiger partial charge in [0.05, 0.1) is 0 Å². The summed E-state index contributed by atoms with van der Waals surface area (Å²) < 4.78 is 5.60. The van der Waals surface area contributed by atoms with Gasteiger partial charge in [0.15, 0.2) is 0 Å². The Morgan fingerprint density at radius 1 is 1.29 bits per heavy atom. The highest BCUT2D eigenvalue weighted by Crippen LogP contribution is 2.19. The molecule has 0 aliphatic carbocycles. The lowest BCUT2D eigenvalue weighted by Crippen LogP contribution is -2.40. The zero-order valence-electron chi connectivity index (χ0n) is 15.1. The summed E-state index contributed by atoms with van der Waals surface area (Å²) in [6, 6.07) is 8.11. The standard InChI is InChI=1S/C20H31N3O/c1-4-15-24-20-8-6-5-7-19(20)17-21-16-18-9-11-23(12-10-18)14-13-22(2)3/h1,5-8,18,21H,9-17H2,2-3H3. The van der Waals surface area contributed by atoms with Crippen molar-refractivity contribution in [3.05, 3.63) is 29.8 Å². The van der Waals surface area contributed by atoms with E-state index in [9.17, 15) is 0 Å². The fourth-order valence-corrected chi connectivity index (χ4v) is 3.08.